The fraction of sp³-hybridized carbons (Fsp3) is 0. The Balaban J connectivity index is 1.61. The number of aromatic nitrogens is 7. The molecule has 0 atom stereocenters. The molecular formula is C33H3Br6Cl10N7. The second-order valence-electron chi connectivity index (χ2n) is 11.8. The molecule has 1 aliphatic carbocycles. The predicted molar refractivity (Wildman–Crippen MR) is 255 cm³/mol. The van der Waals surface area contributed by atoms with Crippen LogP contribution in [0.2, 0.25) is 50.2 Å². The SMILES string of the molecule is Clc1c(Cl)c(Br)c2c(c1Cl)-c1cc-2nc2[nH]c(nc3nc(nc4[nH]c(n1)c1c(Cl)c(Br)c(Cl)c(Br)c41)-c1c(Cl)c(Cl)c(Br)c(Cl)c1-3)c1c(Br)c(Cl)c(Br)c(Cl)c21. The van der Waals surface area contributed by atoms with Gasteiger partial charge < -0.3 is 9.97 Å². The van der Waals surface area contributed by atoms with Gasteiger partial charge in [-0.3, -0.25) is 0 Å². The van der Waals surface area contributed by atoms with Gasteiger partial charge in [0.15, 0.2) is 11.6 Å². The van der Waals surface area contributed by atoms with Crippen molar-refractivity contribution in [1.82, 2.24) is 34.9 Å². The molecule has 4 heterocycles. The van der Waals surface area contributed by atoms with Crippen LogP contribution in [0, 0.1) is 0 Å². The first-order valence-corrected chi connectivity index (χ1v) is 23.4. The Labute approximate surface area is 413 Å². The Hall–Kier alpha value is 0.0900. The first-order chi connectivity index (χ1) is 26.4. The summed E-state index contributed by atoms with van der Waals surface area (Å²) in [6, 6.07) is 1.71. The van der Waals surface area contributed by atoms with Gasteiger partial charge in [-0.2, -0.15) is 0 Å². The molecule has 0 radical (unpaired) electrons. The average Bonchev–Trinajstić information content (AvgIpc) is 3.92. The number of benzene rings is 4. The first-order valence-electron chi connectivity index (χ1n) is 14.8. The standard InChI is InChI=1S/C33H3Br6Cl10N7/c34-12-4-2-1-3(5(4)21(43)27(49)25(12)47)51-31-9-7(14(36)24(46)16(38)19(9)41)29(53-31)55-33-11-10(20(42)17(39)26(48)22(11)44)32(56-33)54-28-6-8(30(50-2)52-28)18(40)15(37)23(45)13(6)35/h1H,(H2,50,51,52,53,54,55,56). The highest BCUT2D eigenvalue weighted by molar-refractivity contribution is 9.11. The molecule has 0 spiro atoms. The lowest BCUT2D eigenvalue weighted by molar-refractivity contribution is 1.21. The first kappa shape index (κ1) is 41.4. The van der Waals surface area contributed by atoms with Crippen LogP contribution >= 0.6 is 212 Å². The topological polar surface area (TPSA) is 96.0 Å². The van der Waals surface area contributed by atoms with Gasteiger partial charge in [-0.25, -0.2) is 24.9 Å². The molecule has 2 aliphatic rings. The van der Waals surface area contributed by atoms with Crippen LogP contribution in [0.1, 0.15) is 0 Å². The highest BCUT2D eigenvalue weighted by Gasteiger charge is 2.33. The van der Waals surface area contributed by atoms with Crippen molar-refractivity contribution >= 4 is 256 Å². The second-order valence-corrected chi connectivity index (χ2v) is 20.3. The molecule has 9 rings (SSSR count). The van der Waals surface area contributed by atoms with Gasteiger partial charge in [0.2, 0.25) is 0 Å². The Morgan fingerprint density at radius 3 is 1.21 bits per heavy atom. The van der Waals surface area contributed by atoms with Crippen LogP contribution in [0.3, 0.4) is 0 Å². The Morgan fingerprint density at radius 2 is 0.714 bits per heavy atom. The van der Waals surface area contributed by atoms with Crippen LogP contribution in [-0.4, -0.2) is 34.9 Å². The maximum absolute atomic E-state index is 7.03. The second kappa shape index (κ2) is 14.9. The van der Waals surface area contributed by atoms with Crippen LogP contribution in [0.4, 0.5) is 0 Å². The normalized spacial score (nSPS) is 12.3. The van der Waals surface area contributed by atoms with Crippen molar-refractivity contribution in [3.8, 4) is 45.3 Å². The summed E-state index contributed by atoms with van der Waals surface area (Å²) in [6.45, 7) is 0. The fourth-order valence-electron chi connectivity index (χ4n) is 6.40. The van der Waals surface area contributed by atoms with E-state index < -0.39 is 0 Å². The van der Waals surface area contributed by atoms with Crippen molar-refractivity contribution < 1.29 is 0 Å². The molecule has 0 unspecified atom stereocenters. The minimum Gasteiger partial charge on any atom is -0.324 e. The zero-order chi connectivity index (χ0) is 40.1. The van der Waals surface area contributed by atoms with Gasteiger partial charge in [0.05, 0.1) is 86.2 Å². The van der Waals surface area contributed by atoms with Gasteiger partial charge in [-0.05, 0) is 102 Å². The quantitative estimate of drug-likeness (QED) is 0.116. The Bertz CT molecular complexity index is 2830. The summed E-state index contributed by atoms with van der Waals surface area (Å²) in [5, 5.41) is 3.62. The molecule has 7 nitrogen and oxygen atoms in total. The van der Waals surface area contributed by atoms with Crippen LogP contribution in [-0.2, 0) is 0 Å². The molecule has 2 N–H and O–H groups in total. The number of hydrogen-bond donors (Lipinski definition) is 2. The number of hydrogen-bond acceptors (Lipinski definition) is 5. The molecule has 3 aromatic heterocycles. The molecule has 282 valence electrons. The molecule has 0 amide bonds. The smallest absolute Gasteiger partial charge is 0.166 e. The number of nitrogens with one attached hydrogen (secondary N) is 2. The van der Waals surface area contributed by atoms with Gasteiger partial charge in [0.1, 0.15) is 22.6 Å². The van der Waals surface area contributed by atoms with Crippen LogP contribution in [0.25, 0.3) is 89.4 Å². The third-order valence-electron chi connectivity index (χ3n) is 8.83. The van der Waals surface area contributed by atoms with Crippen molar-refractivity contribution in [3.63, 3.8) is 0 Å². The Morgan fingerprint density at radius 1 is 0.321 bits per heavy atom. The van der Waals surface area contributed by atoms with E-state index in [1.807, 2.05) is 0 Å². The molecule has 0 saturated heterocycles. The van der Waals surface area contributed by atoms with E-state index in [2.05, 4.69) is 106 Å². The van der Waals surface area contributed by atoms with Crippen molar-refractivity contribution in [2.45, 2.75) is 0 Å². The van der Waals surface area contributed by atoms with Gasteiger partial charge in [0, 0.05) is 46.1 Å². The number of rotatable bonds is 0. The van der Waals surface area contributed by atoms with Gasteiger partial charge >= 0.3 is 0 Å². The van der Waals surface area contributed by atoms with Crippen LogP contribution in [0.5, 0.6) is 0 Å². The average molecular weight is 1330 g/mol. The zero-order valence-corrected chi connectivity index (χ0v) is 42.9. The van der Waals surface area contributed by atoms with E-state index in [4.69, 9.17) is 141 Å². The molecule has 7 aromatic rings. The van der Waals surface area contributed by atoms with Crippen molar-refractivity contribution in [1.29, 1.82) is 0 Å². The Kier molecular flexibility index (Phi) is 11.0. The van der Waals surface area contributed by atoms with Crippen molar-refractivity contribution in [2.75, 3.05) is 0 Å². The molecule has 8 bridgehead atoms. The van der Waals surface area contributed by atoms with Crippen LogP contribution < -0.4 is 0 Å². The van der Waals surface area contributed by atoms with Gasteiger partial charge in [-0.1, -0.05) is 116 Å². The highest BCUT2D eigenvalue weighted by atomic mass is 79.9. The summed E-state index contributed by atoms with van der Waals surface area (Å²) >= 11 is 90.1. The van der Waals surface area contributed by atoms with E-state index in [1.54, 1.807) is 6.07 Å². The van der Waals surface area contributed by atoms with E-state index in [0.29, 0.717) is 82.0 Å². The summed E-state index contributed by atoms with van der Waals surface area (Å²) in [4.78, 5) is 31.6. The maximum atomic E-state index is 7.03. The number of nitrogens with zero attached hydrogens (tertiary/aromatic N) is 5. The van der Waals surface area contributed by atoms with E-state index in [0.717, 1.165) is 0 Å². The lowest BCUT2D eigenvalue weighted by Crippen LogP contribution is -1.89. The summed E-state index contributed by atoms with van der Waals surface area (Å²) in [6.07, 6.45) is 0. The summed E-state index contributed by atoms with van der Waals surface area (Å²) < 4.78 is 2.44. The third-order valence-corrected chi connectivity index (χ3v) is 19.7. The lowest BCUT2D eigenvalue weighted by Gasteiger charge is -2.11. The number of halogens is 16. The molecule has 0 saturated carbocycles. The molecule has 56 heavy (non-hydrogen) atoms. The summed E-state index contributed by atoms with van der Waals surface area (Å²) in [5.41, 5.74) is 3.27. The molecular weight excluding hydrogens is 1330 g/mol. The van der Waals surface area contributed by atoms with E-state index in [1.165, 1.54) is 0 Å². The molecule has 1 aliphatic heterocycles. The monoisotopic (exact) mass is 1320 g/mol. The van der Waals surface area contributed by atoms with Gasteiger partial charge in [0.25, 0.3) is 0 Å². The number of fused-ring (bicyclic) bond motifs is 20. The zero-order valence-electron chi connectivity index (χ0n) is 25.9. The number of aromatic amines is 2. The lowest BCUT2D eigenvalue weighted by atomic mass is 10.1. The predicted octanol–water partition coefficient (Wildman–Crippen LogP) is 18.6. The van der Waals surface area contributed by atoms with E-state index in [-0.39, 0.29) is 84.5 Å². The molecule has 0 fully saturated rings. The third kappa shape index (κ3) is 5.95. The minimum atomic E-state index is 0.0944. The minimum absolute atomic E-state index is 0.0944. The summed E-state index contributed by atoms with van der Waals surface area (Å²) in [5.74, 6) is 0.208. The van der Waals surface area contributed by atoms with Crippen molar-refractivity contribution in [2.24, 2.45) is 0 Å². The van der Waals surface area contributed by atoms with E-state index in [9.17, 15) is 0 Å². The molecule has 4 aromatic carbocycles. The largest absolute Gasteiger partial charge is 0.324 e. The highest BCUT2D eigenvalue weighted by Crippen LogP contribution is 2.55. The van der Waals surface area contributed by atoms with Crippen molar-refractivity contribution in [3.05, 3.63) is 83.1 Å². The van der Waals surface area contributed by atoms with Crippen LogP contribution in [0.15, 0.2) is 32.9 Å². The maximum Gasteiger partial charge on any atom is 0.166 e. The number of H-pyrrole nitrogens is 2. The molecule has 23 heteroatoms. The fourth-order valence-corrected chi connectivity index (χ4v) is 12.6. The summed E-state index contributed by atoms with van der Waals surface area (Å²) in [7, 11) is 0. The van der Waals surface area contributed by atoms with Gasteiger partial charge in [-0.15, -0.1) is 0 Å². The van der Waals surface area contributed by atoms with E-state index >= 15 is 0 Å².